The molecule has 0 spiro atoms. The maximum absolute atomic E-state index is 12.1. The van der Waals surface area contributed by atoms with Crippen LogP contribution in [0, 0.1) is 5.41 Å². The number of nitrogens with two attached hydrogens (primary N) is 1. The number of ether oxygens (including phenoxy) is 1. The quantitative estimate of drug-likeness (QED) is 0.529. The molecule has 0 saturated carbocycles. The van der Waals surface area contributed by atoms with Crippen molar-refractivity contribution in [3.8, 4) is 5.75 Å². The largest absolute Gasteiger partial charge is 0.573 e. The van der Waals surface area contributed by atoms with Crippen LogP contribution in [-0.4, -0.2) is 30.6 Å². The second kappa shape index (κ2) is 8.05. The Kier molecular flexibility index (Phi) is 6.68. The number of guanidine groups is 1. The summed E-state index contributed by atoms with van der Waals surface area (Å²) in [7, 11) is 0. The van der Waals surface area contributed by atoms with Crippen molar-refractivity contribution < 1.29 is 23.0 Å². The first-order valence-electron chi connectivity index (χ1n) is 7.27. The van der Waals surface area contributed by atoms with Crippen LogP contribution in [0.25, 0.3) is 0 Å². The smallest absolute Gasteiger partial charge is 0.406 e. The number of hydrogen-bond donors (Lipinski definition) is 3. The molecule has 0 bridgehead atoms. The highest BCUT2D eigenvalue weighted by molar-refractivity contribution is 5.92. The molecule has 0 heterocycles. The Morgan fingerprint density at radius 2 is 1.78 bits per heavy atom. The number of anilines is 1. The van der Waals surface area contributed by atoms with Gasteiger partial charge in [-0.15, -0.1) is 13.2 Å². The first-order chi connectivity index (χ1) is 10.7. The zero-order valence-corrected chi connectivity index (χ0v) is 13.2. The lowest BCUT2D eigenvalue weighted by atomic mass is 9.83. The van der Waals surface area contributed by atoms with Crippen LogP contribution < -0.4 is 15.8 Å². The lowest BCUT2D eigenvalue weighted by Crippen LogP contribution is -2.30. The molecule has 0 amide bonds. The van der Waals surface area contributed by atoms with Gasteiger partial charge in [0.25, 0.3) is 0 Å². The fourth-order valence-corrected chi connectivity index (χ4v) is 1.93. The van der Waals surface area contributed by atoms with E-state index in [4.69, 9.17) is 5.73 Å². The van der Waals surface area contributed by atoms with Crippen molar-refractivity contribution in [2.45, 2.75) is 33.1 Å². The lowest BCUT2D eigenvalue weighted by Gasteiger charge is -2.27. The van der Waals surface area contributed by atoms with Crippen LogP contribution in [0.3, 0.4) is 0 Å². The van der Waals surface area contributed by atoms with Crippen LogP contribution >= 0.6 is 0 Å². The highest BCUT2D eigenvalue weighted by Gasteiger charge is 2.31. The zero-order chi connectivity index (χ0) is 17.5. The molecule has 0 aliphatic rings. The number of aliphatic imine (C=N–C) groups is 1. The Balaban J connectivity index is 2.66. The van der Waals surface area contributed by atoms with Gasteiger partial charge in [0.15, 0.2) is 5.96 Å². The van der Waals surface area contributed by atoms with E-state index in [9.17, 15) is 18.3 Å². The summed E-state index contributed by atoms with van der Waals surface area (Å²) < 4.78 is 40.0. The average Bonchev–Trinajstić information content (AvgIpc) is 2.50. The van der Waals surface area contributed by atoms with Gasteiger partial charge in [-0.2, -0.15) is 0 Å². The summed E-state index contributed by atoms with van der Waals surface area (Å²) in [5, 5.41) is 12.3. The highest BCUT2D eigenvalue weighted by atomic mass is 19.4. The molecule has 0 atom stereocenters. The predicted octanol–water partition coefficient (Wildman–Crippen LogP) is 3.11. The molecule has 23 heavy (non-hydrogen) atoms. The van der Waals surface area contributed by atoms with Crippen molar-refractivity contribution in [3.05, 3.63) is 24.3 Å². The van der Waals surface area contributed by atoms with Gasteiger partial charge < -0.3 is 20.9 Å². The number of aliphatic hydroxyl groups excluding tert-OH is 1. The van der Waals surface area contributed by atoms with Crippen LogP contribution in [0.15, 0.2) is 29.3 Å². The summed E-state index contributed by atoms with van der Waals surface area (Å²) in [6.07, 6.45) is -3.19. The SMILES string of the molecule is CCC(CC)(CO)CN=C(N)Nc1ccc(OC(F)(F)F)cc1. The van der Waals surface area contributed by atoms with Crippen molar-refractivity contribution >= 4 is 11.6 Å². The molecule has 0 radical (unpaired) electrons. The van der Waals surface area contributed by atoms with Crippen LogP contribution in [-0.2, 0) is 0 Å². The third kappa shape index (κ3) is 6.35. The van der Waals surface area contributed by atoms with Crippen LogP contribution in [0.4, 0.5) is 18.9 Å². The summed E-state index contributed by atoms with van der Waals surface area (Å²) in [5.41, 5.74) is 5.94. The monoisotopic (exact) mass is 333 g/mol. The topological polar surface area (TPSA) is 79.9 Å². The molecule has 0 unspecified atom stereocenters. The van der Waals surface area contributed by atoms with Gasteiger partial charge in [-0.05, 0) is 37.1 Å². The van der Waals surface area contributed by atoms with Gasteiger partial charge in [0.1, 0.15) is 5.75 Å². The molecule has 0 aliphatic heterocycles. The van der Waals surface area contributed by atoms with E-state index in [-0.39, 0.29) is 23.7 Å². The molecule has 130 valence electrons. The molecular formula is C15H22F3N3O2. The number of nitrogens with one attached hydrogen (secondary N) is 1. The van der Waals surface area contributed by atoms with Crippen molar-refractivity contribution in [2.75, 3.05) is 18.5 Å². The standard InChI is InChI=1S/C15H22F3N3O2/c1-3-14(4-2,10-22)9-20-13(19)21-11-5-7-12(8-6-11)23-15(16,17)18/h5-8,22H,3-4,9-10H2,1-2H3,(H3,19,20,21). The summed E-state index contributed by atoms with van der Waals surface area (Å²) >= 11 is 0. The molecular weight excluding hydrogens is 311 g/mol. The Morgan fingerprint density at radius 3 is 2.22 bits per heavy atom. The molecule has 8 heteroatoms. The minimum Gasteiger partial charge on any atom is -0.406 e. The minimum absolute atomic E-state index is 0.0141. The second-order valence-corrected chi connectivity index (χ2v) is 5.26. The normalized spacial score (nSPS) is 13.0. The van der Waals surface area contributed by atoms with Gasteiger partial charge in [0.2, 0.25) is 0 Å². The molecule has 0 aromatic heterocycles. The van der Waals surface area contributed by atoms with E-state index in [0.717, 1.165) is 12.8 Å². The predicted molar refractivity (Wildman–Crippen MR) is 83.3 cm³/mol. The van der Waals surface area contributed by atoms with E-state index in [0.29, 0.717) is 12.2 Å². The lowest BCUT2D eigenvalue weighted by molar-refractivity contribution is -0.274. The van der Waals surface area contributed by atoms with E-state index in [1.165, 1.54) is 24.3 Å². The molecule has 0 aliphatic carbocycles. The summed E-state index contributed by atoms with van der Waals surface area (Å²) in [6.45, 7) is 4.32. The number of nitrogens with zero attached hydrogens (tertiary/aromatic N) is 1. The third-order valence-corrected chi connectivity index (χ3v) is 3.78. The Labute approximate surface area is 133 Å². The molecule has 4 N–H and O–H groups in total. The Hall–Kier alpha value is -1.96. The summed E-state index contributed by atoms with van der Waals surface area (Å²) in [5.74, 6) is -0.177. The van der Waals surface area contributed by atoms with Crippen molar-refractivity contribution in [1.29, 1.82) is 0 Å². The summed E-state index contributed by atoms with van der Waals surface area (Å²) in [4.78, 5) is 4.20. The molecule has 0 saturated heterocycles. The van der Waals surface area contributed by atoms with Gasteiger partial charge in [0, 0.05) is 11.1 Å². The molecule has 1 rings (SSSR count). The third-order valence-electron chi connectivity index (χ3n) is 3.78. The van der Waals surface area contributed by atoms with E-state index in [1.807, 2.05) is 13.8 Å². The average molecular weight is 333 g/mol. The van der Waals surface area contributed by atoms with E-state index in [1.54, 1.807) is 0 Å². The number of halogens is 3. The number of rotatable bonds is 7. The fraction of sp³-hybridized carbons (Fsp3) is 0.533. The van der Waals surface area contributed by atoms with Crippen molar-refractivity contribution in [2.24, 2.45) is 16.1 Å². The van der Waals surface area contributed by atoms with Gasteiger partial charge >= 0.3 is 6.36 Å². The van der Waals surface area contributed by atoms with Crippen molar-refractivity contribution in [3.63, 3.8) is 0 Å². The highest BCUT2D eigenvalue weighted by Crippen LogP contribution is 2.26. The minimum atomic E-state index is -4.72. The Bertz CT molecular complexity index is 503. The Morgan fingerprint density at radius 1 is 1.22 bits per heavy atom. The molecule has 0 fully saturated rings. The first-order valence-corrected chi connectivity index (χ1v) is 7.27. The number of hydrogen-bond acceptors (Lipinski definition) is 3. The number of aliphatic hydroxyl groups is 1. The van der Waals surface area contributed by atoms with E-state index < -0.39 is 6.36 Å². The van der Waals surface area contributed by atoms with Crippen molar-refractivity contribution in [1.82, 2.24) is 0 Å². The number of alkyl halides is 3. The number of benzene rings is 1. The van der Waals surface area contributed by atoms with Gasteiger partial charge in [-0.1, -0.05) is 13.8 Å². The van der Waals surface area contributed by atoms with E-state index in [2.05, 4.69) is 15.0 Å². The second-order valence-electron chi connectivity index (χ2n) is 5.26. The molecule has 1 aromatic rings. The van der Waals surface area contributed by atoms with Crippen LogP contribution in [0.5, 0.6) is 5.75 Å². The summed E-state index contributed by atoms with van der Waals surface area (Å²) in [6, 6.07) is 5.17. The van der Waals surface area contributed by atoms with Gasteiger partial charge in [0.05, 0.1) is 13.2 Å². The molecule has 5 nitrogen and oxygen atoms in total. The first kappa shape index (κ1) is 19.1. The van der Waals surface area contributed by atoms with Crippen LogP contribution in [0.2, 0.25) is 0 Å². The van der Waals surface area contributed by atoms with Crippen LogP contribution in [0.1, 0.15) is 26.7 Å². The maximum Gasteiger partial charge on any atom is 0.573 e. The fourth-order valence-electron chi connectivity index (χ4n) is 1.93. The molecule has 1 aromatic carbocycles. The van der Waals surface area contributed by atoms with E-state index >= 15 is 0 Å². The maximum atomic E-state index is 12.1. The van der Waals surface area contributed by atoms with Gasteiger partial charge in [-0.3, -0.25) is 4.99 Å². The van der Waals surface area contributed by atoms with Gasteiger partial charge in [-0.25, -0.2) is 0 Å². The zero-order valence-electron chi connectivity index (χ0n) is 13.2.